The third-order valence-electron chi connectivity index (χ3n) is 4.55. The van der Waals surface area contributed by atoms with Crippen LogP contribution < -0.4 is 9.62 Å². The van der Waals surface area contributed by atoms with Crippen molar-refractivity contribution in [2.75, 3.05) is 48.7 Å². The molecular weight excluding hydrogens is 510 g/mol. The lowest BCUT2D eigenvalue weighted by molar-refractivity contribution is -0.114. The van der Waals surface area contributed by atoms with Crippen molar-refractivity contribution in [1.82, 2.24) is 4.31 Å². The molecule has 0 saturated carbocycles. The number of amides is 1. The van der Waals surface area contributed by atoms with Crippen molar-refractivity contribution in [2.45, 2.75) is 4.90 Å². The van der Waals surface area contributed by atoms with Gasteiger partial charge in [0.25, 0.3) is 0 Å². The summed E-state index contributed by atoms with van der Waals surface area (Å²) in [7, 11) is -7.33. The summed E-state index contributed by atoms with van der Waals surface area (Å²) < 4.78 is 58.0. The second-order valence-corrected chi connectivity index (χ2v) is 11.6. The Hall–Kier alpha value is -1.99. The average molecular weight is 532 g/mol. The van der Waals surface area contributed by atoms with Crippen LogP contribution in [-0.2, 0) is 29.6 Å². The zero-order valence-electron chi connectivity index (χ0n) is 16.7. The van der Waals surface area contributed by atoms with Crippen LogP contribution in [0.2, 0.25) is 0 Å². The van der Waals surface area contributed by atoms with E-state index >= 15 is 0 Å². The van der Waals surface area contributed by atoms with E-state index in [1.54, 1.807) is 24.3 Å². The summed E-state index contributed by atoms with van der Waals surface area (Å²) >= 11 is 3.29. The van der Waals surface area contributed by atoms with Crippen molar-refractivity contribution in [2.24, 2.45) is 0 Å². The van der Waals surface area contributed by atoms with E-state index in [-0.39, 0.29) is 18.0 Å². The first-order chi connectivity index (χ1) is 14.6. The number of anilines is 2. The number of morpholine rings is 1. The van der Waals surface area contributed by atoms with Crippen molar-refractivity contribution in [3.63, 3.8) is 0 Å². The Labute approximate surface area is 190 Å². The molecule has 0 spiro atoms. The summed E-state index contributed by atoms with van der Waals surface area (Å²) in [5, 5.41) is 2.60. The number of carbonyl (C=O) groups is 1. The molecule has 0 aromatic heterocycles. The largest absolute Gasteiger partial charge is 0.379 e. The van der Waals surface area contributed by atoms with Crippen LogP contribution in [0.3, 0.4) is 0 Å². The molecule has 0 bridgehead atoms. The molecule has 3 rings (SSSR count). The number of hydrogen-bond acceptors (Lipinski definition) is 6. The fourth-order valence-electron chi connectivity index (χ4n) is 2.98. The molecule has 9 nitrogen and oxygen atoms in total. The number of hydrogen-bond donors (Lipinski definition) is 1. The standard InChI is InChI=1S/C19H22BrN3O6S2/c1-30(25,26)23(17-6-2-15(20)3-7-17)14-19(24)21-16-4-8-18(9-5-16)31(27,28)22-10-12-29-13-11-22/h2-9H,10-14H2,1H3,(H,21,24). The molecule has 1 aliphatic heterocycles. The van der Waals surface area contributed by atoms with Crippen LogP contribution in [0.25, 0.3) is 0 Å². The maximum absolute atomic E-state index is 12.7. The molecule has 1 N–H and O–H groups in total. The molecule has 1 aliphatic rings. The van der Waals surface area contributed by atoms with Crippen LogP contribution in [0.4, 0.5) is 11.4 Å². The van der Waals surface area contributed by atoms with Gasteiger partial charge in [0.2, 0.25) is 26.0 Å². The van der Waals surface area contributed by atoms with Crippen molar-refractivity contribution in [3.8, 4) is 0 Å². The summed E-state index contributed by atoms with van der Waals surface area (Å²) in [6.07, 6.45) is 1.02. The maximum Gasteiger partial charge on any atom is 0.245 e. The third kappa shape index (κ3) is 6.04. The number of nitrogens with one attached hydrogen (secondary N) is 1. The lowest BCUT2D eigenvalue weighted by Gasteiger charge is -2.26. The molecular formula is C19H22BrN3O6S2. The number of sulfonamides is 2. The maximum atomic E-state index is 12.7. The summed E-state index contributed by atoms with van der Waals surface area (Å²) in [6.45, 7) is 0.857. The zero-order chi connectivity index (χ0) is 22.6. The second kappa shape index (κ2) is 9.65. The van der Waals surface area contributed by atoms with E-state index in [2.05, 4.69) is 21.2 Å². The Morgan fingerprint density at radius 2 is 1.61 bits per heavy atom. The molecule has 0 atom stereocenters. The fraction of sp³-hybridized carbons (Fsp3) is 0.316. The molecule has 2 aromatic rings. The molecule has 1 fully saturated rings. The first-order valence-electron chi connectivity index (χ1n) is 9.28. The minimum absolute atomic E-state index is 0.111. The number of rotatable bonds is 7. The summed E-state index contributed by atoms with van der Waals surface area (Å²) in [5.74, 6) is -0.558. The minimum Gasteiger partial charge on any atom is -0.379 e. The van der Waals surface area contributed by atoms with Gasteiger partial charge < -0.3 is 10.1 Å². The van der Waals surface area contributed by atoms with Gasteiger partial charge in [-0.1, -0.05) is 15.9 Å². The van der Waals surface area contributed by atoms with Crippen molar-refractivity contribution in [3.05, 3.63) is 53.0 Å². The molecule has 2 aromatic carbocycles. The molecule has 1 amide bonds. The third-order valence-corrected chi connectivity index (χ3v) is 8.13. The lowest BCUT2D eigenvalue weighted by Crippen LogP contribution is -2.40. The highest BCUT2D eigenvalue weighted by molar-refractivity contribution is 9.10. The van der Waals surface area contributed by atoms with Crippen LogP contribution in [0.1, 0.15) is 0 Å². The quantitative estimate of drug-likeness (QED) is 0.583. The van der Waals surface area contributed by atoms with E-state index in [0.29, 0.717) is 24.6 Å². The van der Waals surface area contributed by atoms with E-state index in [9.17, 15) is 21.6 Å². The summed E-state index contributed by atoms with van der Waals surface area (Å²) in [6, 6.07) is 12.3. The van der Waals surface area contributed by atoms with Crippen molar-refractivity contribution in [1.29, 1.82) is 0 Å². The van der Waals surface area contributed by atoms with Crippen LogP contribution in [0.15, 0.2) is 57.9 Å². The number of nitrogens with zero attached hydrogens (tertiary/aromatic N) is 2. The van der Waals surface area contributed by atoms with Crippen molar-refractivity contribution < 1.29 is 26.4 Å². The van der Waals surface area contributed by atoms with Gasteiger partial charge in [-0.05, 0) is 48.5 Å². The van der Waals surface area contributed by atoms with E-state index < -0.39 is 32.5 Å². The first-order valence-corrected chi connectivity index (χ1v) is 13.4. The molecule has 1 saturated heterocycles. The number of benzene rings is 2. The molecule has 31 heavy (non-hydrogen) atoms. The topological polar surface area (TPSA) is 113 Å². The van der Waals surface area contributed by atoms with E-state index in [1.165, 1.54) is 28.6 Å². The van der Waals surface area contributed by atoms with E-state index in [0.717, 1.165) is 15.0 Å². The highest BCUT2D eigenvalue weighted by Crippen LogP contribution is 2.22. The van der Waals surface area contributed by atoms with Crippen LogP contribution in [0.5, 0.6) is 0 Å². The highest BCUT2D eigenvalue weighted by atomic mass is 79.9. The summed E-state index contributed by atoms with van der Waals surface area (Å²) in [5.41, 5.74) is 0.711. The van der Waals surface area contributed by atoms with Gasteiger partial charge in [-0.25, -0.2) is 16.8 Å². The Kier molecular flexibility index (Phi) is 7.37. The van der Waals surface area contributed by atoms with Crippen LogP contribution >= 0.6 is 15.9 Å². The summed E-state index contributed by atoms with van der Waals surface area (Å²) in [4.78, 5) is 12.6. The Balaban J connectivity index is 1.70. The van der Waals surface area contributed by atoms with Gasteiger partial charge in [0, 0.05) is 23.2 Å². The van der Waals surface area contributed by atoms with Crippen LogP contribution in [-0.4, -0.2) is 66.2 Å². The highest BCUT2D eigenvalue weighted by Gasteiger charge is 2.26. The van der Waals surface area contributed by atoms with Gasteiger partial charge in [-0.15, -0.1) is 0 Å². The lowest BCUT2D eigenvalue weighted by atomic mass is 10.3. The predicted molar refractivity (Wildman–Crippen MR) is 121 cm³/mol. The predicted octanol–water partition coefficient (Wildman–Crippen LogP) is 1.87. The molecule has 0 aliphatic carbocycles. The average Bonchev–Trinajstić information content (AvgIpc) is 2.73. The fourth-order valence-corrected chi connectivity index (χ4v) is 5.51. The molecule has 12 heteroatoms. The first kappa shape index (κ1) is 23.7. The SMILES string of the molecule is CS(=O)(=O)N(CC(=O)Nc1ccc(S(=O)(=O)N2CCOCC2)cc1)c1ccc(Br)cc1. The van der Waals surface area contributed by atoms with E-state index in [1.807, 2.05) is 0 Å². The molecule has 0 unspecified atom stereocenters. The monoisotopic (exact) mass is 531 g/mol. The minimum atomic E-state index is -3.69. The van der Waals surface area contributed by atoms with Gasteiger partial charge in [0.05, 0.1) is 30.1 Å². The smallest absolute Gasteiger partial charge is 0.245 e. The van der Waals surface area contributed by atoms with Crippen LogP contribution in [0, 0.1) is 0 Å². The van der Waals surface area contributed by atoms with Gasteiger partial charge in [0.1, 0.15) is 6.54 Å². The van der Waals surface area contributed by atoms with Gasteiger partial charge >= 0.3 is 0 Å². The van der Waals surface area contributed by atoms with E-state index in [4.69, 9.17) is 4.74 Å². The Bertz CT molecular complexity index is 1130. The number of halogens is 1. The number of carbonyl (C=O) groups excluding carboxylic acids is 1. The van der Waals surface area contributed by atoms with Crippen molar-refractivity contribution >= 4 is 53.3 Å². The Morgan fingerprint density at radius 1 is 1.03 bits per heavy atom. The number of ether oxygens (including phenoxy) is 1. The molecule has 0 radical (unpaired) electrons. The second-order valence-electron chi connectivity index (χ2n) is 6.84. The molecule has 1 heterocycles. The zero-order valence-corrected chi connectivity index (χ0v) is 19.9. The normalized spacial score (nSPS) is 15.4. The van der Waals surface area contributed by atoms with Gasteiger partial charge in [-0.3, -0.25) is 9.10 Å². The van der Waals surface area contributed by atoms with Gasteiger partial charge in [0.15, 0.2) is 0 Å². The van der Waals surface area contributed by atoms with Gasteiger partial charge in [-0.2, -0.15) is 4.31 Å². The molecule has 168 valence electrons. The Morgan fingerprint density at radius 3 is 2.16 bits per heavy atom.